The topological polar surface area (TPSA) is 73.6 Å². The Hall–Kier alpha value is -2.73. The highest BCUT2D eigenvalue weighted by molar-refractivity contribution is 7.71. The first-order valence-electron chi connectivity index (χ1n) is 6.33. The maximum Gasteiger partial charge on any atom is 0.258 e. The number of hydrogen-bond donors (Lipinski definition) is 3. The van der Waals surface area contributed by atoms with Crippen molar-refractivity contribution in [3.05, 3.63) is 65.1 Å². The summed E-state index contributed by atoms with van der Waals surface area (Å²) in [5.74, 6) is -0.237. The Labute approximate surface area is 126 Å². The first-order valence-corrected chi connectivity index (χ1v) is 6.74. The van der Waals surface area contributed by atoms with E-state index in [1.807, 2.05) is 30.3 Å². The molecule has 0 fully saturated rings. The zero-order valence-corrected chi connectivity index (χ0v) is 11.8. The molecular weight excluding hydrogens is 284 g/mol. The van der Waals surface area contributed by atoms with Crippen molar-refractivity contribution in [2.45, 2.75) is 0 Å². The summed E-state index contributed by atoms with van der Waals surface area (Å²) in [4.78, 5) is 15.1. The predicted molar refractivity (Wildman–Crippen MR) is 83.6 cm³/mol. The van der Waals surface area contributed by atoms with Gasteiger partial charge >= 0.3 is 0 Å². The third-order valence-corrected chi connectivity index (χ3v) is 3.33. The molecule has 21 heavy (non-hydrogen) atoms. The van der Waals surface area contributed by atoms with E-state index in [-0.39, 0.29) is 5.91 Å². The highest BCUT2D eigenvalue weighted by Gasteiger charge is 2.08. The number of benzene rings is 1. The molecule has 5 nitrogen and oxygen atoms in total. The lowest BCUT2D eigenvalue weighted by molar-refractivity contribution is 0.102. The normalized spacial score (nSPS) is 10.3. The second-order valence-corrected chi connectivity index (χ2v) is 4.83. The van der Waals surface area contributed by atoms with Crippen LogP contribution in [0.15, 0.2) is 54.9 Å². The van der Waals surface area contributed by atoms with Gasteiger partial charge in [-0.15, -0.1) is 0 Å². The van der Waals surface area contributed by atoms with Crippen molar-refractivity contribution < 1.29 is 4.79 Å². The predicted octanol–water partition coefficient (Wildman–Crippen LogP) is 3.39. The Morgan fingerprint density at radius 1 is 1.19 bits per heavy atom. The van der Waals surface area contributed by atoms with Crippen molar-refractivity contribution in [1.82, 2.24) is 15.2 Å². The SMILES string of the molecule is O=C(Nc1cccc(-c2ccn[nH]2)c1)c1ccc[nH]c1=S. The molecule has 6 heteroatoms. The molecule has 0 spiro atoms. The molecule has 1 aromatic carbocycles. The van der Waals surface area contributed by atoms with Crippen molar-refractivity contribution >= 4 is 23.8 Å². The van der Waals surface area contributed by atoms with Crippen LogP contribution in [0.25, 0.3) is 11.3 Å². The fraction of sp³-hybridized carbons (Fsp3) is 0. The summed E-state index contributed by atoms with van der Waals surface area (Å²) in [7, 11) is 0. The van der Waals surface area contributed by atoms with Gasteiger partial charge < -0.3 is 10.3 Å². The number of rotatable bonds is 3. The van der Waals surface area contributed by atoms with Crippen LogP contribution in [0.4, 0.5) is 5.69 Å². The van der Waals surface area contributed by atoms with Gasteiger partial charge in [0.05, 0.1) is 11.3 Å². The van der Waals surface area contributed by atoms with Crippen molar-refractivity contribution in [3.63, 3.8) is 0 Å². The Morgan fingerprint density at radius 2 is 2.10 bits per heavy atom. The summed E-state index contributed by atoms with van der Waals surface area (Å²) in [6.45, 7) is 0. The molecule has 0 radical (unpaired) electrons. The van der Waals surface area contributed by atoms with Gasteiger partial charge in [-0.1, -0.05) is 24.4 Å². The molecule has 104 valence electrons. The number of anilines is 1. The summed E-state index contributed by atoms with van der Waals surface area (Å²) < 4.78 is 0.416. The number of carbonyl (C=O) groups is 1. The molecule has 0 atom stereocenters. The highest BCUT2D eigenvalue weighted by atomic mass is 32.1. The smallest absolute Gasteiger partial charge is 0.258 e. The number of nitrogens with one attached hydrogen (secondary N) is 3. The van der Waals surface area contributed by atoms with Crippen LogP contribution in [0.5, 0.6) is 0 Å². The standard InChI is InChI=1S/C15H12N4OS/c20-14(12-5-2-7-16-15(12)21)18-11-4-1-3-10(9-11)13-6-8-17-19-13/h1-9H,(H,16,21)(H,17,19)(H,18,20). The van der Waals surface area contributed by atoms with Crippen LogP contribution in [-0.4, -0.2) is 21.1 Å². The van der Waals surface area contributed by atoms with Gasteiger partial charge in [0.2, 0.25) is 0 Å². The molecule has 0 aliphatic carbocycles. The molecule has 0 unspecified atom stereocenters. The summed E-state index contributed by atoms with van der Waals surface area (Å²) in [6.07, 6.45) is 3.38. The first-order chi connectivity index (χ1) is 10.2. The van der Waals surface area contributed by atoms with Gasteiger partial charge in [0.1, 0.15) is 4.64 Å². The molecule has 0 saturated heterocycles. The quantitative estimate of drug-likeness (QED) is 0.649. The molecule has 0 bridgehead atoms. The molecule has 3 N–H and O–H groups in total. The fourth-order valence-corrected chi connectivity index (χ4v) is 2.21. The molecular formula is C15H12N4OS. The Kier molecular flexibility index (Phi) is 3.61. The van der Waals surface area contributed by atoms with E-state index in [0.717, 1.165) is 11.3 Å². The zero-order valence-electron chi connectivity index (χ0n) is 11.0. The summed E-state index contributed by atoms with van der Waals surface area (Å²) in [6, 6.07) is 12.8. The van der Waals surface area contributed by atoms with Gasteiger partial charge in [0.15, 0.2) is 0 Å². The summed E-state index contributed by atoms with van der Waals surface area (Å²) in [5, 5.41) is 9.65. The Morgan fingerprint density at radius 3 is 2.86 bits per heavy atom. The summed E-state index contributed by atoms with van der Waals surface area (Å²) >= 11 is 5.11. The molecule has 3 aromatic rings. The largest absolute Gasteiger partial charge is 0.352 e. The third kappa shape index (κ3) is 2.90. The molecule has 3 rings (SSSR count). The lowest BCUT2D eigenvalue weighted by atomic mass is 10.1. The van der Waals surface area contributed by atoms with Gasteiger partial charge in [-0.25, -0.2) is 0 Å². The van der Waals surface area contributed by atoms with E-state index >= 15 is 0 Å². The van der Waals surface area contributed by atoms with Crippen molar-refractivity contribution in [2.75, 3.05) is 5.32 Å². The Balaban J connectivity index is 1.86. The second-order valence-electron chi connectivity index (χ2n) is 4.42. The number of amides is 1. The van der Waals surface area contributed by atoms with E-state index < -0.39 is 0 Å². The number of H-pyrrole nitrogens is 2. The first kappa shape index (κ1) is 13.3. The van der Waals surface area contributed by atoms with Gasteiger partial charge in [-0.05, 0) is 30.3 Å². The minimum Gasteiger partial charge on any atom is -0.352 e. The average Bonchev–Trinajstić information content (AvgIpc) is 3.02. The van der Waals surface area contributed by atoms with E-state index in [1.165, 1.54) is 0 Å². The van der Waals surface area contributed by atoms with Crippen molar-refractivity contribution in [2.24, 2.45) is 0 Å². The number of aromatic nitrogens is 3. The van der Waals surface area contributed by atoms with Crippen LogP contribution < -0.4 is 5.32 Å². The number of hydrogen-bond acceptors (Lipinski definition) is 3. The van der Waals surface area contributed by atoms with E-state index in [0.29, 0.717) is 15.9 Å². The maximum absolute atomic E-state index is 12.2. The van der Waals surface area contributed by atoms with Gasteiger partial charge in [0.25, 0.3) is 5.91 Å². The lowest BCUT2D eigenvalue weighted by Gasteiger charge is -2.07. The summed E-state index contributed by atoms with van der Waals surface area (Å²) in [5.41, 5.74) is 2.98. The minimum atomic E-state index is -0.237. The van der Waals surface area contributed by atoms with E-state index in [9.17, 15) is 4.79 Å². The number of aromatic amines is 2. The lowest BCUT2D eigenvalue weighted by Crippen LogP contribution is -2.12. The maximum atomic E-state index is 12.2. The number of carbonyl (C=O) groups excluding carboxylic acids is 1. The monoisotopic (exact) mass is 296 g/mol. The molecule has 0 saturated carbocycles. The molecule has 2 heterocycles. The van der Waals surface area contributed by atoms with Gasteiger partial charge in [0, 0.05) is 23.6 Å². The van der Waals surface area contributed by atoms with Crippen LogP contribution in [-0.2, 0) is 0 Å². The van der Waals surface area contributed by atoms with Crippen molar-refractivity contribution in [1.29, 1.82) is 0 Å². The number of pyridine rings is 1. The average molecular weight is 296 g/mol. The molecule has 0 aliphatic heterocycles. The van der Waals surface area contributed by atoms with Crippen LogP contribution in [0.3, 0.4) is 0 Å². The van der Waals surface area contributed by atoms with Crippen LogP contribution >= 0.6 is 12.2 Å². The van der Waals surface area contributed by atoms with Crippen LogP contribution in [0.1, 0.15) is 10.4 Å². The van der Waals surface area contributed by atoms with Crippen molar-refractivity contribution in [3.8, 4) is 11.3 Å². The van der Waals surface area contributed by atoms with Crippen LogP contribution in [0.2, 0.25) is 0 Å². The molecule has 0 aliphatic rings. The second kappa shape index (κ2) is 5.72. The third-order valence-electron chi connectivity index (χ3n) is 2.99. The van der Waals surface area contributed by atoms with E-state index in [4.69, 9.17) is 12.2 Å². The highest BCUT2D eigenvalue weighted by Crippen LogP contribution is 2.20. The van der Waals surface area contributed by atoms with Gasteiger partial charge in [-0.2, -0.15) is 5.10 Å². The Bertz CT molecular complexity index is 823. The minimum absolute atomic E-state index is 0.237. The van der Waals surface area contributed by atoms with Gasteiger partial charge in [-0.3, -0.25) is 9.89 Å². The van der Waals surface area contributed by atoms with E-state index in [1.54, 1.807) is 24.5 Å². The van der Waals surface area contributed by atoms with Crippen LogP contribution in [0, 0.1) is 4.64 Å². The number of nitrogens with zero attached hydrogens (tertiary/aromatic N) is 1. The molecule has 1 amide bonds. The zero-order chi connectivity index (χ0) is 14.7. The molecule has 2 aromatic heterocycles. The van der Waals surface area contributed by atoms with E-state index in [2.05, 4.69) is 20.5 Å². The fourth-order valence-electron chi connectivity index (χ4n) is 1.98.